The number of nitrogens with zero attached hydrogens (tertiary/aromatic N) is 2. The van der Waals surface area contributed by atoms with Gasteiger partial charge in [-0.25, -0.2) is 4.98 Å². The molecule has 3 rings (SSSR count). The van der Waals surface area contributed by atoms with Crippen molar-refractivity contribution in [3.05, 3.63) is 59.1 Å². The van der Waals surface area contributed by atoms with Crippen LogP contribution in [0.2, 0.25) is 0 Å². The largest absolute Gasteiger partial charge is 0.323 e. The molecule has 0 fully saturated rings. The maximum atomic E-state index is 5.96. The van der Waals surface area contributed by atoms with Gasteiger partial charge in [0.1, 0.15) is 0 Å². The highest BCUT2D eigenvalue weighted by atomic mass is 79.9. The number of halogens is 1. The van der Waals surface area contributed by atoms with Crippen LogP contribution in [-0.4, -0.2) is 9.55 Å². The van der Waals surface area contributed by atoms with E-state index in [4.69, 9.17) is 5.73 Å². The Morgan fingerprint density at radius 1 is 1.16 bits per heavy atom. The third-order valence-corrected chi connectivity index (χ3v) is 3.69. The average molecular weight is 316 g/mol. The second-order valence-corrected chi connectivity index (χ2v) is 5.57. The molecule has 0 aliphatic rings. The van der Waals surface area contributed by atoms with Gasteiger partial charge in [-0.3, -0.25) is 0 Å². The van der Waals surface area contributed by atoms with Gasteiger partial charge in [0.25, 0.3) is 0 Å². The Balaban J connectivity index is 2.15. The minimum absolute atomic E-state index is 0.0388. The lowest BCUT2D eigenvalue weighted by Crippen LogP contribution is -2.10. The van der Waals surface area contributed by atoms with Crippen LogP contribution in [-0.2, 0) is 0 Å². The molecule has 2 N–H and O–H groups in total. The predicted molar refractivity (Wildman–Crippen MR) is 81.4 cm³/mol. The highest BCUT2D eigenvalue weighted by Crippen LogP contribution is 2.24. The molecule has 0 radical (unpaired) electrons. The van der Waals surface area contributed by atoms with Gasteiger partial charge in [-0.05, 0) is 42.0 Å². The zero-order chi connectivity index (χ0) is 13.4. The molecular formula is C15H14BrN3. The number of nitrogens with two attached hydrogens (primary N) is 1. The maximum absolute atomic E-state index is 5.96. The summed E-state index contributed by atoms with van der Waals surface area (Å²) in [5, 5.41) is 2.41. The molecule has 19 heavy (non-hydrogen) atoms. The molecule has 1 aromatic heterocycles. The van der Waals surface area contributed by atoms with E-state index in [1.54, 1.807) is 6.33 Å². The van der Waals surface area contributed by atoms with Crippen molar-refractivity contribution in [3.8, 4) is 5.69 Å². The van der Waals surface area contributed by atoms with Gasteiger partial charge in [0.2, 0.25) is 0 Å². The van der Waals surface area contributed by atoms with Crippen molar-refractivity contribution in [2.75, 3.05) is 0 Å². The fourth-order valence-electron chi connectivity index (χ4n) is 2.21. The zero-order valence-corrected chi connectivity index (χ0v) is 12.1. The van der Waals surface area contributed by atoms with Crippen molar-refractivity contribution in [3.63, 3.8) is 0 Å². The quantitative estimate of drug-likeness (QED) is 0.781. The van der Waals surface area contributed by atoms with Crippen LogP contribution < -0.4 is 5.73 Å². The van der Waals surface area contributed by atoms with E-state index in [0.717, 1.165) is 15.9 Å². The summed E-state index contributed by atoms with van der Waals surface area (Å²) in [6, 6.07) is 12.6. The van der Waals surface area contributed by atoms with E-state index in [9.17, 15) is 0 Å². The Morgan fingerprint density at radius 2 is 1.89 bits per heavy atom. The van der Waals surface area contributed by atoms with Crippen LogP contribution >= 0.6 is 15.9 Å². The Labute approximate surface area is 120 Å². The summed E-state index contributed by atoms with van der Waals surface area (Å²) >= 11 is 3.49. The fraction of sp³-hybridized carbons (Fsp3) is 0.133. The topological polar surface area (TPSA) is 43.8 Å². The highest BCUT2D eigenvalue weighted by Gasteiger charge is 2.08. The summed E-state index contributed by atoms with van der Waals surface area (Å²) < 4.78 is 3.12. The number of hydrogen-bond acceptors (Lipinski definition) is 2. The summed E-state index contributed by atoms with van der Waals surface area (Å²) in [4.78, 5) is 4.19. The van der Waals surface area contributed by atoms with E-state index < -0.39 is 0 Å². The summed E-state index contributed by atoms with van der Waals surface area (Å²) in [5.74, 6) is 0. The monoisotopic (exact) mass is 315 g/mol. The van der Waals surface area contributed by atoms with E-state index >= 15 is 0 Å². The lowest BCUT2D eigenvalue weighted by Gasteiger charge is -2.11. The summed E-state index contributed by atoms with van der Waals surface area (Å²) in [6.45, 7) is 1.96. The van der Waals surface area contributed by atoms with Gasteiger partial charge in [-0.1, -0.05) is 28.1 Å². The summed E-state index contributed by atoms with van der Waals surface area (Å²) in [7, 11) is 0. The number of benzene rings is 2. The molecule has 0 saturated carbocycles. The second-order valence-electron chi connectivity index (χ2n) is 4.65. The first-order valence-electron chi connectivity index (χ1n) is 6.12. The Kier molecular flexibility index (Phi) is 3.12. The van der Waals surface area contributed by atoms with E-state index in [2.05, 4.69) is 51.2 Å². The van der Waals surface area contributed by atoms with Gasteiger partial charge in [-0.2, -0.15) is 0 Å². The van der Waals surface area contributed by atoms with Crippen LogP contribution in [0.25, 0.3) is 16.5 Å². The fourth-order valence-corrected chi connectivity index (χ4v) is 2.59. The van der Waals surface area contributed by atoms with E-state index in [0.29, 0.717) is 0 Å². The van der Waals surface area contributed by atoms with Gasteiger partial charge in [-0.15, -0.1) is 0 Å². The molecule has 2 aromatic carbocycles. The number of aromatic nitrogens is 2. The predicted octanol–water partition coefficient (Wildman–Crippen LogP) is 3.81. The van der Waals surface area contributed by atoms with Crippen molar-refractivity contribution in [1.82, 2.24) is 9.55 Å². The van der Waals surface area contributed by atoms with E-state index in [1.165, 1.54) is 10.8 Å². The van der Waals surface area contributed by atoms with Gasteiger partial charge < -0.3 is 10.3 Å². The van der Waals surface area contributed by atoms with Crippen molar-refractivity contribution in [1.29, 1.82) is 0 Å². The molecule has 0 bridgehead atoms. The molecule has 3 nitrogen and oxygen atoms in total. The Hall–Kier alpha value is -1.65. The van der Waals surface area contributed by atoms with Crippen molar-refractivity contribution < 1.29 is 0 Å². The molecule has 0 aliphatic carbocycles. The second kappa shape index (κ2) is 4.79. The van der Waals surface area contributed by atoms with Gasteiger partial charge >= 0.3 is 0 Å². The number of imidazole rings is 1. The first kappa shape index (κ1) is 12.4. The third-order valence-electron chi connectivity index (χ3n) is 3.20. The third kappa shape index (κ3) is 2.29. The van der Waals surface area contributed by atoms with Crippen LogP contribution in [0.15, 0.2) is 53.4 Å². The molecule has 0 aliphatic heterocycles. The molecule has 96 valence electrons. The Morgan fingerprint density at radius 3 is 2.68 bits per heavy atom. The lowest BCUT2D eigenvalue weighted by atomic mass is 10.1. The van der Waals surface area contributed by atoms with E-state index in [-0.39, 0.29) is 6.04 Å². The van der Waals surface area contributed by atoms with Gasteiger partial charge in [0.15, 0.2) is 0 Å². The standard InChI is InChI=1S/C15H14BrN3/c1-10(17)15-8-18-9-19(15)14-5-3-11-6-13(16)4-2-12(11)7-14/h2-10H,17H2,1H3/t10-/m0/s1. The molecular weight excluding hydrogens is 302 g/mol. The normalized spacial score (nSPS) is 12.8. The summed E-state index contributed by atoms with van der Waals surface area (Å²) in [6.07, 6.45) is 3.62. The lowest BCUT2D eigenvalue weighted by molar-refractivity contribution is 0.753. The van der Waals surface area contributed by atoms with Crippen molar-refractivity contribution >= 4 is 26.7 Å². The highest BCUT2D eigenvalue weighted by molar-refractivity contribution is 9.10. The first-order valence-corrected chi connectivity index (χ1v) is 6.92. The van der Waals surface area contributed by atoms with Crippen LogP contribution in [0.5, 0.6) is 0 Å². The SMILES string of the molecule is C[C@H](N)c1cncn1-c1ccc2cc(Br)ccc2c1. The number of rotatable bonds is 2. The molecule has 0 unspecified atom stereocenters. The van der Waals surface area contributed by atoms with Crippen LogP contribution in [0.1, 0.15) is 18.7 Å². The number of hydrogen-bond donors (Lipinski definition) is 1. The zero-order valence-electron chi connectivity index (χ0n) is 10.5. The van der Waals surface area contributed by atoms with Gasteiger partial charge in [0, 0.05) is 16.2 Å². The summed E-state index contributed by atoms with van der Waals surface area (Å²) in [5.41, 5.74) is 8.06. The maximum Gasteiger partial charge on any atom is 0.0994 e. The van der Waals surface area contributed by atoms with Crippen LogP contribution in [0.4, 0.5) is 0 Å². The molecule has 3 aromatic rings. The van der Waals surface area contributed by atoms with E-state index in [1.807, 2.05) is 23.8 Å². The molecule has 0 spiro atoms. The van der Waals surface area contributed by atoms with Crippen molar-refractivity contribution in [2.24, 2.45) is 5.73 Å². The van der Waals surface area contributed by atoms with Crippen molar-refractivity contribution in [2.45, 2.75) is 13.0 Å². The van der Waals surface area contributed by atoms with Gasteiger partial charge in [0.05, 0.1) is 18.2 Å². The molecule has 1 heterocycles. The average Bonchev–Trinajstić information content (AvgIpc) is 2.87. The molecule has 1 atom stereocenters. The minimum atomic E-state index is -0.0388. The van der Waals surface area contributed by atoms with Crippen LogP contribution in [0.3, 0.4) is 0 Å². The molecule has 4 heteroatoms. The molecule has 0 saturated heterocycles. The Bertz CT molecular complexity index is 731. The molecule has 0 amide bonds. The number of fused-ring (bicyclic) bond motifs is 1. The smallest absolute Gasteiger partial charge is 0.0994 e. The first-order chi connectivity index (χ1) is 9.15. The minimum Gasteiger partial charge on any atom is -0.323 e. The van der Waals surface area contributed by atoms with Crippen LogP contribution in [0, 0.1) is 0 Å².